The Labute approximate surface area is 136 Å². The number of hydrogen-bond donors (Lipinski definition) is 2. The zero-order chi connectivity index (χ0) is 16.6. The first-order valence-corrected chi connectivity index (χ1v) is 8.08. The Morgan fingerprint density at radius 3 is 2.78 bits per heavy atom. The van der Waals surface area contributed by atoms with Gasteiger partial charge in [0.1, 0.15) is 5.69 Å². The summed E-state index contributed by atoms with van der Waals surface area (Å²) >= 11 is 1.49. The highest BCUT2D eigenvalue weighted by atomic mass is 32.1. The van der Waals surface area contributed by atoms with Gasteiger partial charge < -0.3 is 10.0 Å². The molecular formula is C14H17N5O3S. The molecule has 0 spiro atoms. The Hall–Kier alpha value is -2.29. The number of aliphatic carboxylic acids is 1. The van der Waals surface area contributed by atoms with Crippen LogP contribution in [-0.2, 0) is 4.79 Å². The number of carbonyl (C=O) groups excluding carboxylic acids is 1. The lowest BCUT2D eigenvalue weighted by Crippen LogP contribution is -2.30. The van der Waals surface area contributed by atoms with E-state index in [0.717, 1.165) is 9.88 Å². The fraction of sp³-hybridized carbons (Fsp3) is 0.500. The fourth-order valence-electron chi connectivity index (χ4n) is 3.07. The van der Waals surface area contributed by atoms with Crippen LogP contribution in [0.15, 0.2) is 6.20 Å². The van der Waals surface area contributed by atoms with Crippen molar-refractivity contribution in [3.8, 4) is 0 Å². The quantitative estimate of drug-likeness (QED) is 0.868. The maximum atomic E-state index is 12.7. The highest BCUT2D eigenvalue weighted by molar-refractivity contribution is 7.11. The van der Waals surface area contributed by atoms with E-state index in [9.17, 15) is 9.59 Å². The topological polar surface area (TPSA) is 112 Å². The molecule has 122 valence electrons. The summed E-state index contributed by atoms with van der Waals surface area (Å²) in [7, 11) is 0. The molecule has 1 aliphatic heterocycles. The van der Waals surface area contributed by atoms with Crippen LogP contribution in [0.2, 0.25) is 0 Å². The lowest BCUT2D eigenvalue weighted by Gasteiger charge is -2.15. The Morgan fingerprint density at radius 1 is 1.43 bits per heavy atom. The third-order valence-electron chi connectivity index (χ3n) is 4.08. The van der Waals surface area contributed by atoms with Gasteiger partial charge in [-0.05, 0) is 19.8 Å². The molecule has 0 aliphatic carbocycles. The van der Waals surface area contributed by atoms with E-state index in [0.29, 0.717) is 24.5 Å². The molecule has 2 N–H and O–H groups in total. The number of nitrogens with zero attached hydrogens (tertiary/aromatic N) is 4. The van der Waals surface area contributed by atoms with Crippen LogP contribution in [0.4, 0.5) is 0 Å². The average Bonchev–Trinajstić information content (AvgIpc) is 3.17. The van der Waals surface area contributed by atoms with Crippen molar-refractivity contribution in [1.29, 1.82) is 0 Å². The van der Waals surface area contributed by atoms with Crippen LogP contribution >= 0.6 is 11.3 Å². The number of rotatable bonds is 4. The SMILES string of the molecule is Cc1nc(C(=O)N2C[C@@H](CC(=O)O)[C@@H](c3cn[nH]n3)C2)c(C)s1. The van der Waals surface area contributed by atoms with Crippen LogP contribution in [0.3, 0.4) is 0 Å². The summed E-state index contributed by atoms with van der Waals surface area (Å²) in [6.45, 7) is 4.56. The van der Waals surface area contributed by atoms with E-state index in [1.54, 1.807) is 11.1 Å². The maximum Gasteiger partial charge on any atom is 0.303 e. The lowest BCUT2D eigenvalue weighted by molar-refractivity contribution is -0.138. The van der Waals surface area contributed by atoms with Crippen molar-refractivity contribution in [2.45, 2.75) is 26.2 Å². The predicted octanol–water partition coefficient (Wildman–Crippen LogP) is 1.21. The summed E-state index contributed by atoms with van der Waals surface area (Å²) in [6.07, 6.45) is 1.59. The molecule has 2 aromatic heterocycles. The number of aromatic amines is 1. The first-order chi connectivity index (χ1) is 11.0. The summed E-state index contributed by atoms with van der Waals surface area (Å²) in [5, 5.41) is 20.4. The van der Waals surface area contributed by atoms with Gasteiger partial charge in [0.05, 0.1) is 23.3 Å². The fourth-order valence-corrected chi connectivity index (χ4v) is 3.88. The molecule has 0 radical (unpaired) electrons. The summed E-state index contributed by atoms with van der Waals surface area (Å²) < 4.78 is 0. The third-order valence-corrected chi connectivity index (χ3v) is 4.97. The highest BCUT2D eigenvalue weighted by Gasteiger charge is 2.39. The van der Waals surface area contributed by atoms with Crippen LogP contribution in [0.5, 0.6) is 0 Å². The van der Waals surface area contributed by atoms with E-state index in [2.05, 4.69) is 20.4 Å². The van der Waals surface area contributed by atoms with E-state index in [1.165, 1.54) is 11.3 Å². The Kier molecular flexibility index (Phi) is 4.12. The van der Waals surface area contributed by atoms with E-state index in [4.69, 9.17) is 5.11 Å². The molecule has 9 heteroatoms. The minimum absolute atomic E-state index is 0.00359. The van der Waals surface area contributed by atoms with Crippen molar-refractivity contribution >= 4 is 23.2 Å². The van der Waals surface area contributed by atoms with Crippen LogP contribution in [0.1, 0.15) is 38.4 Å². The van der Waals surface area contributed by atoms with Crippen LogP contribution in [-0.4, -0.2) is 55.4 Å². The average molecular weight is 335 g/mol. The van der Waals surface area contributed by atoms with Crippen molar-refractivity contribution in [1.82, 2.24) is 25.3 Å². The number of aromatic nitrogens is 4. The first-order valence-electron chi connectivity index (χ1n) is 7.26. The molecule has 23 heavy (non-hydrogen) atoms. The molecule has 1 aliphatic rings. The van der Waals surface area contributed by atoms with Gasteiger partial charge in [0.25, 0.3) is 5.91 Å². The van der Waals surface area contributed by atoms with E-state index < -0.39 is 5.97 Å². The summed E-state index contributed by atoms with van der Waals surface area (Å²) in [6, 6.07) is 0. The summed E-state index contributed by atoms with van der Waals surface area (Å²) in [4.78, 5) is 30.7. The minimum Gasteiger partial charge on any atom is -0.481 e. The van der Waals surface area contributed by atoms with Crippen LogP contribution in [0, 0.1) is 19.8 Å². The Morgan fingerprint density at radius 2 is 2.22 bits per heavy atom. The van der Waals surface area contributed by atoms with E-state index >= 15 is 0 Å². The second-order valence-electron chi connectivity index (χ2n) is 5.71. The molecular weight excluding hydrogens is 318 g/mol. The Bertz CT molecular complexity index is 727. The molecule has 0 saturated carbocycles. The molecule has 8 nitrogen and oxygen atoms in total. The number of nitrogens with one attached hydrogen (secondary N) is 1. The zero-order valence-electron chi connectivity index (χ0n) is 12.8. The van der Waals surface area contributed by atoms with Crippen LogP contribution < -0.4 is 0 Å². The summed E-state index contributed by atoms with van der Waals surface area (Å²) in [5.41, 5.74) is 1.15. The molecule has 0 unspecified atom stereocenters. The normalized spacial score (nSPS) is 20.9. The minimum atomic E-state index is -0.876. The highest BCUT2D eigenvalue weighted by Crippen LogP contribution is 2.34. The molecule has 3 rings (SSSR count). The Balaban J connectivity index is 1.83. The van der Waals surface area contributed by atoms with Gasteiger partial charge in [-0.3, -0.25) is 9.59 Å². The van der Waals surface area contributed by atoms with Gasteiger partial charge in [0.15, 0.2) is 0 Å². The first kappa shape index (κ1) is 15.6. The molecule has 3 heterocycles. The molecule has 1 saturated heterocycles. The van der Waals surface area contributed by atoms with Gasteiger partial charge >= 0.3 is 5.97 Å². The second kappa shape index (κ2) is 6.07. The van der Waals surface area contributed by atoms with E-state index in [1.807, 2.05) is 13.8 Å². The van der Waals surface area contributed by atoms with Crippen molar-refractivity contribution in [3.05, 3.63) is 27.5 Å². The molecule has 2 aromatic rings. The van der Waals surface area contributed by atoms with Gasteiger partial charge in [-0.25, -0.2) is 4.98 Å². The van der Waals surface area contributed by atoms with Crippen molar-refractivity contribution in [2.75, 3.05) is 13.1 Å². The molecule has 0 bridgehead atoms. The molecule has 0 aromatic carbocycles. The van der Waals surface area contributed by atoms with Gasteiger partial charge in [0.2, 0.25) is 0 Å². The number of amides is 1. The lowest BCUT2D eigenvalue weighted by atomic mass is 9.91. The predicted molar refractivity (Wildman–Crippen MR) is 82.4 cm³/mol. The molecule has 1 amide bonds. The van der Waals surface area contributed by atoms with Crippen molar-refractivity contribution in [3.63, 3.8) is 0 Å². The van der Waals surface area contributed by atoms with Gasteiger partial charge in [-0.15, -0.1) is 11.3 Å². The van der Waals surface area contributed by atoms with Gasteiger partial charge in [-0.2, -0.15) is 15.4 Å². The smallest absolute Gasteiger partial charge is 0.303 e. The number of carboxylic acid groups (broad SMARTS) is 1. The standard InChI is InChI=1S/C14H17N5O3S/c1-7-13(16-8(2)23-7)14(22)19-5-9(3-12(20)21)10(6-19)11-4-15-18-17-11/h4,9-10H,3,5-6H2,1-2H3,(H,20,21)(H,15,17,18)/t9-,10+/m1/s1. The maximum absolute atomic E-state index is 12.7. The zero-order valence-corrected chi connectivity index (χ0v) is 13.6. The molecule has 1 fully saturated rings. The monoisotopic (exact) mass is 335 g/mol. The summed E-state index contributed by atoms with van der Waals surface area (Å²) in [5.74, 6) is -1.33. The van der Waals surface area contributed by atoms with Gasteiger partial charge in [0, 0.05) is 23.9 Å². The second-order valence-corrected chi connectivity index (χ2v) is 7.11. The van der Waals surface area contributed by atoms with Gasteiger partial charge in [-0.1, -0.05) is 0 Å². The number of thiazole rings is 1. The largest absolute Gasteiger partial charge is 0.481 e. The number of hydrogen-bond acceptors (Lipinski definition) is 6. The third kappa shape index (κ3) is 3.09. The van der Waals surface area contributed by atoms with Crippen LogP contribution in [0.25, 0.3) is 0 Å². The number of aryl methyl sites for hydroxylation is 2. The van der Waals surface area contributed by atoms with Crippen molar-refractivity contribution in [2.24, 2.45) is 5.92 Å². The van der Waals surface area contributed by atoms with E-state index in [-0.39, 0.29) is 24.2 Å². The number of H-pyrrole nitrogens is 1. The van der Waals surface area contributed by atoms with Crippen molar-refractivity contribution < 1.29 is 14.7 Å². The molecule has 2 atom stereocenters. The number of carboxylic acids is 1. The number of carbonyl (C=O) groups is 2. The number of likely N-dealkylation sites (tertiary alicyclic amines) is 1.